The number of carboxylic acid groups (broad SMARTS) is 1. The lowest BCUT2D eigenvalue weighted by Gasteiger charge is -2.24. The van der Waals surface area contributed by atoms with Gasteiger partial charge in [0.2, 0.25) is 0 Å². The molecule has 0 radical (unpaired) electrons. The van der Waals surface area contributed by atoms with Crippen LogP contribution in [0.15, 0.2) is 9.85 Å². The molecule has 35 heavy (non-hydrogen) atoms. The first-order valence-electron chi connectivity index (χ1n) is 12.0. The smallest absolute Gasteiger partial charge is 0.317 e. The summed E-state index contributed by atoms with van der Waals surface area (Å²) in [7, 11) is 0. The number of carbonyl (C=O) groups excluding carboxylic acids is 1. The summed E-state index contributed by atoms with van der Waals surface area (Å²) in [6, 6.07) is 4.32. The predicted octanol–water partition coefficient (Wildman–Crippen LogP) is 8.38. The van der Waals surface area contributed by atoms with Gasteiger partial charge in [0.05, 0.1) is 15.3 Å². The van der Waals surface area contributed by atoms with E-state index in [1.807, 2.05) is 0 Å². The number of ether oxygens (including phenoxy) is 1. The van der Waals surface area contributed by atoms with Gasteiger partial charge in [-0.15, -0.1) is 23.1 Å². The normalized spacial score (nSPS) is 13.6. The first kappa shape index (κ1) is 32.4. The van der Waals surface area contributed by atoms with Gasteiger partial charge in [0.1, 0.15) is 15.4 Å². The number of nitriles is 1. The van der Waals surface area contributed by atoms with E-state index in [1.54, 1.807) is 18.3 Å². The molecule has 0 aliphatic rings. The van der Waals surface area contributed by atoms with Crippen LogP contribution in [-0.4, -0.2) is 31.6 Å². The van der Waals surface area contributed by atoms with E-state index in [4.69, 9.17) is 17.0 Å². The molecule has 1 rings (SSSR count). The van der Waals surface area contributed by atoms with Gasteiger partial charge in [-0.05, 0) is 72.3 Å². The molecule has 2 atom stereocenters. The number of aryl methyl sites for hydroxylation is 1. The highest BCUT2D eigenvalue weighted by atomic mass is 79.9. The van der Waals surface area contributed by atoms with Gasteiger partial charge in [0.15, 0.2) is 0 Å². The van der Waals surface area contributed by atoms with Crippen LogP contribution in [0.1, 0.15) is 89.0 Å². The molecule has 0 fully saturated rings. The van der Waals surface area contributed by atoms with Crippen molar-refractivity contribution in [2.45, 2.75) is 96.8 Å². The Morgan fingerprint density at radius 2 is 2.00 bits per heavy atom. The number of rotatable bonds is 17. The van der Waals surface area contributed by atoms with E-state index in [2.05, 4.69) is 41.9 Å². The maximum atomic E-state index is 12.5. The van der Waals surface area contributed by atoms with Crippen molar-refractivity contribution >= 4 is 78.5 Å². The van der Waals surface area contributed by atoms with Crippen molar-refractivity contribution < 1.29 is 19.4 Å². The summed E-state index contributed by atoms with van der Waals surface area (Å²) in [5, 5.41) is 18.6. The molecule has 0 saturated heterocycles. The maximum absolute atomic E-state index is 12.5. The molecule has 0 amide bonds. The summed E-state index contributed by atoms with van der Waals surface area (Å²) in [6.07, 6.45) is 8.16. The second kappa shape index (κ2) is 17.8. The zero-order valence-corrected chi connectivity index (χ0v) is 25.6. The Kier molecular flexibility index (Phi) is 16.5. The first-order chi connectivity index (χ1) is 16.6. The quantitative estimate of drug-likeness (QED) is 0.105. The number of aliphatic carboxylic acids is 1. The number of unbranched alkanes of at least 4 members (excludes halogenated alkanes) is 4. The van der Waals surface area contributed by atoms with E-state index in [9.17, 15) is 20.0 Å². The average molecular weight is 623 g/mol. The third-order valence-electron chi connectivity index (χ3n) is 5.55. The van der Waals surface area contributed by atoms with E-state index < -0.39 is 16.6 Å². The molecule has 1 aromatic rings. The Labute approximate surface area is 236 Å². The van der Waals surface area contributed by atoms with Crippen LogP contribution < -0.4 is 0 Å². The second-order valence-corrected chi connectivity index (χ2v) is 14.8. The Morgan fingerprint density at radius 1 is 1.29 bits per heavy atom. The van der Waals surface area contributed by atoms with Gasteiger partial charge in [-0.25, -0.2) is 0 Å². The topological polar surface area (TPSA) is 87.4 Å². The van der Waals surface area contributed by atoms with Crippen LogP contribution in [0.4, 0.5) is 0 Å². The van der Waals surface area contributed by atoms with Gasteiger partial charge in [-0.2, -0.15) is 5.26 Å². The number of hydrogen-bond donors (Lipinski definition) is 1. The third kappa shape index (κ3) is 13.5. The van der Waals surface area contributed by atoms with Crippen molar-refractivity contribution in [3.63, 3.8) is 0 Å². The summed E-state index contributed by atoms with van der Waals surface area (Å²) in [5.74, 6) is -0.512. The number of thiocarbonyl (C=S) groups is 1. The molecule has 0 bridgehead atoms. The molecule has 1 aromatic heterocycles. The van der Waals surface area contributed by atoms with Crippen LogP contribution in [0, 0.1) is 16.7 Å². The summed E-state index contributed by atoms with van der Waals surface area (Å²) in [5.41, 5.74) is 0.247. The van der Waals surface area contributed by atoms with Gasteiger partial charge < -0.3 is 9.84 Å². The van der Waals surface area contributed by atoms with Crippen molar-refractivity contribution in [3.8, 4) is 6.07 Å². The van der Waals surface area contributed by atoms with E-state index in [0.29, 0.717) is 3.53 Å². The Balaban J connectivity index is 2.59. The van der Waals surface area contributed by atoms with Crippen molar-refractivity contribution in [1.82, 2.24) is 0 Å². The summed E-state index contributed by atoms with van der Waals surface area (Å²) < 4.78 is 7.12. The van der Waals surface area contributed by atoms with Crippen LogP contribution in [0.5, 0.6) is 0 Å². The molecule has 196 valence electrons. The van der Waals surface area contributed by atoms with Crippen molar-refractivity contribution in [3.05, 3.63) is 20.3 Å². The fourth-order valence-corrected chi connectivity index (χ4v) is 7.91. The number of esters is 1. The van der Waals surface area contributed by atoms with Crippen LogP contribution in [0.3, 0.4) is 0 Å². The van der Waals surface area contributed by atoms with Gasteiger partial charge in [0.25, 0.3) is 0 Å². The molecule has 10 heteroatoms. The number of thioether (sulfide) groups is 2. The van der Waals surface area contributed by atoms with Gasteiger partial charge in [-0.1, -0.05) is 63.5 Å². The Morgan fingerprint density at radius 3 is 2.63 bits per heavy atom. The van der Waals surface area contributed by atoms with Crippen LogP contribution in [-0.2, 0) is 27.4 Å². The fraction of sp³-hybridized carbons (Fsp3) is 0.680. The maximum Gasteiger partial charge on any atom is 0.317 e. The van der Waals surface area contributed by atoms with E-state index in [1.165, 1.54) is 36.6 Å². The number of thiophene rings is 1. The lowest BCUT2D eigenvalue weighted by atomic mass is 9.82. The van der Waals surface area contributed by atoms with E-state index >= 15 is 0 Å². The lowest BCUT2D eigenvalue weighted by Crippen LogP contribution is -2.27. The molecule has 0 aliphatic heterocycles. The zero-order valence-electron chi connectivity index (χ0n) is 20.8. The number of halogens is 1. The Hall–Kier alpha value is -0.600. The van der Waals surface area contributed by atoms with Crippen molar-refractivity contribution in [2.75, 3.05) is 5.75 Å². The highest BCUT2D eigenvalue weighted by Gasteiger charge is 2.33. The monoisotopic (exact) mass is 621 g/mol. The standard InChI is InChI=1S/C25H36BrNO4S4/c1-4-6-8-9-10-18-14-21(26)34-20(18)16-31-22(28)11-12-25(3,17-27)15-19(23(29)30)35-24(32)33-13-7-5-2/h14,19H,4-13,15-16H2,1-3H3,(H,29,30). The van der Waals surface area contributed by atoms with Gasteiger partial charge in [-0.3, -0.25) is 9.59 Å². The predicted molar refractivity (Wildman–Crippen MR) is 156 cm³/mol. The first-order valence-corrected chi connectivity index (χ1v) is 15.9. The molecule has 0 spiro atoms. The number of nitrogens with zero attached hydrogens (tertiary/aromatic N) is 1. The largest absolute Gasteiger partial charge is 0.480 e. The highest BCUT2D eigenvalue weighted by Crippen LogP contribution is 2.36. The molecular formula is C25H36BrNO4S4. The molecule has 5 nitrogen and oxygen atoms in total. The SMILES string of the molecule is CCCCCCc1cc(Br)sc1COC(=O)CCC(C)(C#N)CC(SC(=S)SCCCC)C(=O)O. The number of hydrogen-bond acceptors (Lipinski definition) is 8. The number of carboxylic acids is 1. The van der Waals surface area contributed by atoms with E-state index in [-0.39, 0.29) is 31.8 Å². The molecule has 0 aliphatic carbocycles. The molecule has 1 heterocycles. The van der Waals surface area contributed by atoms with E-state index in [0.717, 1.165) is 51.9 Å². The fourth-order valence-electron chi connectivity index (χ4n) is 3.34. The van der Waals surface area contributed by atoms with Crippen LogP contribution in [0.25, 0.3) is 0 Å². The van der Waals surface area contributed by atoms with Crippen LogP contribution in [0.2, 0.25) is 0 Å². The molecule has 1 N–H and O–H groups in total. The lowest BCUT2D eigenvalue weighted by molar-refractivity contribution is -0.145. The van der Waals surface area contributed by atoms with Crippen LogP contribution >= 0.6 is 63.0 Å². The highest BCUT2D eigenvalue weighted by molar-refractivity contribution is 9.11. The third-order valence-corrected chi connectivity index (χ3v) is 10.1. The minimum absolute atomic E-state index is 0.0646. The summed E-state index contributed by atoms with van der Waals surface area (Å²) >= 11 is 13.0. The molecular weight excluding hydrogens is 586 g/mol. The number of carbonyl (C=O) groups is 2. The van der Waals surface area contributed by atoms with Gasteiger partial charge in [0, 0.05) is 11.3 Å². The van der Waals surface area contributed by atoms with Gasteiger partial charge >= 0.3 is 11.9 Å². The molecule has 2 unspecified atom stereocenters. The minimum Gasteiger partial charge on any atom is -0.480 e. The molecule has 0 aromatic carbocycles. The Bertz CT molecular complexity index is 870. The van der Waals surface area contributed by atoms with Crippen molar-refractivity contribution in [1.29, 1.82) is 5.26 Å². The van der Waals surface area contributed by atoms with Crippen molar-refractivity contribution in [2.24, 2.45) is 5.41 Å². The zero-order chi connectivity index (χ0) is 26.3. The summed E-state index contributed by atoms with van der Waals surface area (Å²) in [4.78, 5) is 25.3. The molecule has 0 saturated carbocycles. The average Bonchev–Trinajstić information content (AvgIpc) is 3.18. The second-order valence-electron chi connectivity index (χ2n) is 8.74. The summed E-state index contributed by atoms with van der Waals surface area (Å²) in [6.45, 7) is 6.20. The minimum atomic E-state index is -0.993.